The number of aromatic amines is 1. The number of benzene rings is 2. The van der Waals surface area contributed by atoms with E-state index in [1.165, 1.54) is 0 Å². The Kier molecular flexibility index (Phi) is 4.44. The molecule has 0 bridgehead atoms. The first-order chi connectivity index (χ1) is 14.7. The van der Waals surface area contributed by atoms with E-state index in [1.807, 2.05) is 48.5 Å². The highest BCUT2D eigenvalue weighted by atomic mass is 16.5. The normalized spacial score (nSPS) is 13.1. The van der Waals surface area contributed by atoms with E-state index in [1.54, 1.807) is 24.4 Å². The number of fused-ring (bicyclic) bond motifs is 2. The summed E-state index contributed by atoms with van der Waals surface area (Å²) in [5.41, 5.74) is 4.80. The van der Waals surface area contributed by atoms with Crippen molar-refractivity contribution in [3.8, 4) is 5.75 Å². The quantitative estimate of drug-likeness (QED) is 0.465. The highest BCUT2D eigenvalue weighted by Crippen LogP contribution is 2.31. The van der Waals surface area contributed by atoms with E-state index >= 15 is 0 Å². The minimum atomic E-state index is -0.164. The van der Waals surface area contributed by atoms with Crippen LogP contribution in [0.15, 0.2) is 60.9 Å². The molecule has 3 heterocycles. The Morgan fingerprint density at radius 1 is 1.17 bits per heavy atom. The van der Waals surface area contributed by atoms with Crippen LogP contribution < -0.4 is 15.4 Å². The monoisotopic (exact) mass is 400 g/mol. The Bertz CT molecular complexity index is 1220. The number of nitrogens with one attached hydrogen (secondary N) is 3. The highest BCUT2D eigenvalue weighted by molar-refractivity contribution is 5.93. The average Bonchev–Trinajstić information content (AvgIpc) is 3.23. The van der Waals surface area contributed by atoms with Crippen molar-refractivity contribution in [2.45, 2.75) is 13.1 Å². The van der Waals surface area contributed by atoms with Crippen molar-refractivity contribution in [2.24, 2.45) is 0 Å². The van der Waals surface area contributed by atoms with Gasteiger partial charge in [-0.2, -0.15) is 5.10 Å². The van der Waals surface area contributed by atoms with E-state index in [0.717, 1.165) is 39.2 Å². The van der Waals surface area contributed by atoms with E-state index < -0.39 is 0 Å². The maximum atomic E-state index is 12.6. The summed E-state index contributed by atoms with van der Waals surface area (Å²) >= 11 is 0. The molecule has 0 spiro atoms. The lowest BCUT2D eigenvalue weighted by atomic mass is 10.1. The largest absolute Gasteiger partial charge is 0.497 e. The Balaban J connectivity index is 1.40. The predicted octanol–water partition coefficient (Wildman–Crippen LogP) is 4.26. The molecule has 4 aromatic rings. The van der Waals surface area contributed by atoms with E-state index in [0.29, 0.717) is 18.9 Å². The van der Waals surface area contributed by atoms with Crippen molar-refractivity contribution in [2.75, 3.05) is 17.7 Å². The number of urea groups is 1. The van der Waals surface area contributed by atoms with Crippen LogP contribution >= 0.6 is 0 Å². The van der Waals surface area contributed by atoms with Gasteiger partial charge in [-0.3, -0.25) is 10.4 Å². The van der Waals surface area contributed by atoms with Gasteiger partial charge in [-0.05, 0) is 42.0 Å². The van der Waals surface area contributed by atoms with Gasteiger partial charge in [0.05, 0.1) is 25.4 Å². The summed E-state index contributed by atoms with van der Waals surface area (Å²) in [4.78, 5) is 18.7. The van der Waals surface area contributed by atoms with E-state index in [2.05, 4.69) is 25.8 Å². The average molecular weight is 400 g/mol. The maximum Gasteiger partial charge on any atom is 0.323 e. The molecule has 5 rings (SSSR count). The molecule has 0 saturated carbocycles. The smallest absolute Gasteiger partial charge is 0.323 e. The molecule has 3 N–H and O–H groups in total. The second-order valence-corrected chi connectivity index (χ2v) is 7.12. The summed E-state index contributed by atoms with van der Waals surface area (Å²) in [6, 6.07) is 15.5. The molecular weight excluding hydrogens is 380 g/mol. The molecule has 0 saturated heterocycles. The Morgan fingerprint density at radius 2 is 2.03 bits per heavy atom. The molecule has 8 heteroatoms. The molecule has 150 valence electrons. The minimum absolute atomic E-state index is 0.164. The van der Waals surface area contributed by atoms with Gasteiger partial charge in [-0.1, -0.05) is 12.1 Å². The van der Waals surface area contributed by atoms with Gasteiger partial charge in [0.25, 0.3) is 0 Å². The molecule has 1 aliphatic rings. The van der Waals surface area contributed by atoms with Crippen molar-refractivity contribution in [3.05, 3.63) is 72.1 Å². The molecule has 0 aliphatic carbocycles. The summed E-state index contributed by atoms with van der Waals surface area (Å²) in [7, 11) is 1.63. The number of ether oxygens (including phenoxy) is 1. The molecule has 0 atom stereocenters. The number of carbonyl (C=O) groups is 1. The molecule has 30 heavy (non-hydrogen) atoms. The van der Waals surface area contributed by atoms with Gasteiger partial charge < -0.3 is 15.0 Å². The van der Waals surface area contributed by atoms with E-state index in [-0.39, 0.29) is 6.03 Å². The number of nitrogens with zero attached hydrogens (tertiary/aromatic N) is 3. The van der Waals surface area contributed by atoms with Crippen LogP contribution in [0.2, 0.25) is 0 Å². The number of methoxy groups -OCH3 is 1. The summed E-state index contributed by atoms with van der Waals surface area (Å²) in [5.74, 6) is 1.37. The van der Waals surface area contributed by atoms with Crippen LogP contribution in [-0.4, -0.2) is 33.2 Å². The topological polar surface area (TPSA) is 95.2 Å². The highest BCUT2D eigenvalue weighted by Gasteiger charge is 2.25. The molecule has 2 aromatic heterocycles. The number of hydrogen-bond donors (Lipinski definition) is 3. The van der Waals surface area contributed by atoms with Crippen LogP contribution in [0.4, 0.5) is 22.0 Å². The van der Waals surface area contributed by atoms with E-state index in [9.17, 15) is 4.79 Å². The minimum Gasteiger partial charge on any atom is -0.497 e. The third-order valence-electron chi connectivity index (χ3n) is 5.17. The van der Waals surface area contributed by atoms with Crippen molar-refractivity contribution in [1.29, 1.82) is 0 Å². The van der Waals surface area contributed by atoms with Gasteiger partial charge >= 0.3 is 6.03 Å². The maximum absolute atomic E-state index is 12.6. The fourth-order valence-corrected chi connectivity index (χ4v) is 3.58. The summed E-state index contributed by atoms with van der Waals surface area (Å²) < 4.78 is 5.21. The van der Waals surface area contributed by atoms with Gasteiger partial charge in [0.2, 0.25) is 0 Å². The lowest BCUT2D eigenvalue weighted by Gasteiger charge is -2.30. The third kappa shape index (κ3) is 3.39. The van der Waals surface area contributed by atoms with Crippen LogP contribution in [0, 0.1) is 0 Å². The fourth-order valence-electron chi connectivity index (χ4n) is 3.58. The van der Waals surface area contributed by atoms with Crippen LogP contribution in [0.5, 0.6) is 5.75 Å². The lowest BCUT2D eigenvalue weighted by molar-refractivity contribution is 0.203. The number of rotatable bonds is 5. The van der Waals surface area contributed by atoms with Gasteiger partial charge in [-0.25, -0.2) is 9.78 Å². The fraction of sp³-hybridized carbons (Fsp3) is 0.136. The van der Waals surface area contributed by atoms with Gasteiger partial charge in [-0.15, -0.1) is 0 Å². The summed E-state index contributed by atoms with van der Waals surface area (Å²) in [6.07, 6.45) is 3.48. The number of H-pyrrole nitrogens is 1. The van der Waals surface area contributed by atoms with Crippen molar-refractivity contribution in [1.82, 2.24) is 20.1 Å². The molecule has 2 amide bonds. The van der Waals surface area contributed by atoms with Crippen molar-refractivity contribution >= 4 is 34.1 Å². The molecule has 0 radical (unpaired) electrons. The Hall–Kier alpha value is -4.07. The first-order valence-corrected chi connectivity index (χ1v) is 9.56. The number of amides is 2. The van der Waals surface area contributed by atoms with E-state index in [4.69, 9.17) is 4.74 Å². The van der Waals surface area contributed by atoms with Crippen molar-refractivity contribution in [3.63, 3.8) is 0 Å². The zero-order chi connectivity index (χ0) is 20.5. The number of aromatic nitrogens is 3. The van der Waals surface area contributed by atoms with Gasteiger partial charge in [0.15, 0.2) is 0 Å². The molecule has 0 unspecified atom stereocenters. The second kappa shape index (κ2) is 7.40. The molecule has 1 aliphatic heterocycles. The second-order valence-electron chi connectivity index (χ2n) is 7.12. The van der Waals surface area contributed by atoms with Crippen LogP contribution in [-0.2, 0) is 13.1 Å². The Morgan fingerprint density at radius 3 is 2.87 bits per heavy atom. The number of pyridine rings is 1. The zero-order valence-electron chi connectivity index (χ0n) is 16.3. The van der Waals surface area contributed by atoms with Crippen LogP contribution in [0.25, 0.3) is 10.9 Å². The third-order valence-corrected chi connectivity index (χ3v) is 5.17. The SMILES string of the molecule is COc1ccc(CN2Cc3c(Nc4ccc5[nH]ncc5c4)ccnc3NC2=O)cc1. The van der Waals surface area contributed by atoms with Crippen LogP contribution in [0.3, 0.4) is 0 Å². The number of hydrogen-bond acceptors (Lipinski definition) is 5. The number of carbonyl (C=O) groups excluding carboxylic acids is 1. The molecule has 0 fully saturated rings. The zero-order valence-corrected chi connectivity index (χ0v) is 16.3. The standard InChI is InChI=1S/C22H20N6O2/c1-30-17-5-2-14(3-6-17)12-28-13-18-20(8-9-23-21(18)26-22(28)29)25-16-4-7-19-15(10-16)11-24-27-19/h2-11H,12-13H2,1H3,(H,24,27)(H2,23,25,26,29). The number of anilines is 3. The summed E-state index contributed by atoms with van der Waals surface area (Å²) in [6.45, 7) is 0.946. The summed E-state index contributed by atoms with van der Waals surface area (Å²) in [5, 5.41) is 14.4. The Labute approximate surface area is 172 Å². The van der Waals surface area contributed by atoms with Gasteiger partial charge in [0.1, 0.15) is 11.6 Å². The van der Waals surface area contributed by atoms with Gasteiger partial charge in [0, 0.05) is 35.1 Å². The lowest BCUT2D eigenvalue weighted by Crippen LogP contribution is -2.38. The van der Waals surface area contributed by atoms with Crippen molar-refractivity contribution < 1.29 is 9.53 Å². The van der Waals surface area contributed by atoms with Crippen LogP contribution in [0.1, 0.15) is 11.1 Å². The molecule has 8 nitrogen and oxygen atoms in total. The molecule has 2 aromatic carbocycles. The first-order valence-electron chi connectivity index (χ1n) is 9.56. The predicted molar refractivity (Wildman–Crippen MR) is 115 cm³/mol. The molecular formula is C22H20N6O2. The first kappa shape index (κ1) is 18.0.